The third-order valence-corrected chi connectivity index (χ3v) is 3.07. The van der Waals surface area contributed by atoms with Crippen LogP contribution in [0.4, 0.5) is 0 Å². The van der Waals surface area contributed by atoms with Gasteiger partial charge in [-0.25, -0.2) is 4.79 Å². The van der Waals surface area contributed by atoms with Crippen LogP contribution < -0.4 is 0 Å². The number of epoxide rings is 1. The zero-order valence-corrected chi connectivity index (χ0v) is 11.4. The molecule has 3 nitrogen and oxygen atoms in total. The first-order valence-corrected chi connectivity index (χ1v) is 6.35. The number of hydrogen-bond acceptors (Lipinski definition) is 3. The van der Waals surface area contributed by atoms with Crippen LogP contribution >= 0.6 is 0 Å². The van der Waals surface area contributed by atoms with Gasteiger partial charge in [-0.05, 0) is 32.8 Å². The molecule has 3 heteroatoms. The van der Waals surface area contributed by atoms with E-state index in [-0.39, 0.29) is 12.1 Å². The maximum absolute atomic E-state index is 12.2. The number of ether oxygens (including phenoxy) is 2. The van der Waals surface area contributed by atoms with Crippen molar-refractivity contribution in [1.82, 2.24) is 0 Å². The molecule has 98 valence electrons. The molecule has 2 unspecified atom stereocenters. The van der Waals surface area contributed by atoms with Crippen LogP contribution in [0.5, 0.6) is 0 Å². The van der Waals surface area contributed by atoms with E-state index < -0.39 is 11.2 Å². The first-order chi connectivity index (χ1) is 8.39. The van der Waals surface area contributed by atoms with Crippen LogP contribution in [0.25, 0.3) is 0 Å². The van der Waals surface area contributed by atoms with Gasteiger partial charge >= 0.3 is 5.97 Å². The molecule has 1 aliphatic rings. The van der Waals surface area contributed by atoms with Gasteiger partial charge in [-0.1, -0.05) is 37.3 Å². The minimum atomic E-state index is -0.783. The Balaban J connectivity index is 2.14. The van der Waals surface area contributed by atoms with Crippen molar-refractivity contribution in [1.29, 1.82) is 0 Å². The molecule has 0 N–H and O–H groups in total. The molecule has 0 bridgehead atoms. The van der Waals surface area contributed by atoms with Gasteiger partial charge in [-0.15, -0.1) is 0 Å². The lowest BCUT2D eigenvalue weighted by molar-refractivity contribution is -0.161. The molecule has 0 aliphatic carbocycles. The summed E-state index contributed by atoms with van der Waals surface area (Å²) in [7, 11) is 0. The Hall–Kier alpha value is -1.35. The SMILES string of the molecule is CCC1(C(=O)OC(C)(C)C)OC1c1ccccc1. The number of rotatable bonds is 3. The Bertz CT molecular complexity index is 433. The smallest absolute Gasteiger partial charge is 0.342 e. The molecular weight excluding hydrogens is 228 g/mol. The molecule has 0 radical (unpaired) electrons. The molecule has 1 aromatic carbocycles. The van der Waals surface area contributed by atoms with Crippen LogP contribution in [-0.2, 0) is 14.3 Å². The molecular formula is C15H20O3. The van der Waals surface area contributed by atoms with Gasteiger partial charge in [0.15, 0.2) is 5.60 Å². The van der Waals surface area contributed by atoms with Crippen molar-refractivity contribution in [3.8, 4) is 0 Å². The summed E-state index contributed by atoms with van der Waals surface area (Å²) >= 11 is 0. The highest BCUT2D eigenvalue weighted by atomic mass is 16.7. The van der Waals surface area contributed by atoms with E-state index in [1.807, 2.05) is 58.0 Å². The van der Waals surface area contributed by atoms with E-state index in [1.165, 1.54) is 0 Å². The van der Waals surface area contributed by atoms with Crippen LogP contribution in [0.15, 0.2) is 30.3 Å². The van der Waals surface area contributed by atoms with E-state index in [1.54, 1.807) is 0 Å². The minimum Gasteiger partial charge on any atom is -0.458 e. The standard InChI is InChI=1S/C15H20O3/c1-5-15(13(16)18-14(2,3)4)12(17-15)11-9-7-6-8-10-11/h6-10,12H,5H2,1-4H3. The zero-order valence-electron chi connectivity index (χ0n) is 11.4. The first kappa shape index (κ1) is 13.1. The van der Waals surface area contributed by atoms with Crippen molar-refractivity contribution in [2.75, 3.05) is 0 Å². The molecule has 2 atom stereocenters. The predicted molar refractivity (Wildman–Crippen MR) is 69.1 cm³/mol. The third kappa shape index (κ3) is 2.41. The molecule has 1 aliphatic heterocycles. The highest BCUT2D eigenvalue weighted by Crippen LogP contribution is 2.53. The Labute approximate surface area is 108 Å². The van der Waals surface area contributed by atoms with Crippen LogP contribution in [0.1, 0.15) is 45.8 Å². The molecule has 18 heavy (non-hydrogen) atoms. The number of carbonyl (C=O) groups excluding carboxylic acids is 1. The van der Waals surface area contributed by atoms with Crippen molar-refractivity contribution in [2.24, 2.45) is 0 Å². The zero-order chi connectivity index (χ0) is 13.4. The normalized spacial score (nSPS) is 26.8. The fourth-order valence-electron chi connectivity index (χ4n) is 2.07. The Kier molecular flexibility index (Phi) is 3.20. The first-order valence-electron chi connectivity index (χ1n) is 6.35. The Morgan fingerprint density at radius 1 is 1.33 bits per heavy atom. The number of hydrogen-bond donors (Lipinski definition) is 0. The summed E-state index contributed by atoms with van der Waals surface area (Å²) in [5.41, 5.74) is -0.230. The monoisotopic (exact) mass is 248 g/mol. The van der Waals surface area contributed by atoms with Gasteiger partial charge in [0.25, 0.3) is 0 Å². The van der Waals surface area contributed by atoms with Crippen molar-refractivity contribution in [3.05, 3.63) is 35.9 Å². The summed E-state index contributed by atoms with van der Waals surface area (Å²) in [6, 6.07) is 9.81. The van der Waals surface area contributed by atoms with Crippen LogP contribution in [0, 0.1) is 0 Å². The third-order valence-electron chi connectivity index (χ3n) is 3.07. The molecule has 2 rings (SSSR count). The molecule has 1 heterocycles. The maximum Gasteiger partial charge on any atom is 0.342 e. The molecule has 0 aromatic heterocycles. The maximum atomic E-state index is 12.2. The lowest BCUT2D eigenvalue weighted by Gasteiger charge is -2.22. The van der Waals surface area contributed by atoms with Crippen LogP contribution in [0.2, 0.25) is 0 Å². The van der Waals surface area contributed by atoms with E-state index >= 15 is 0 Å². The van der Waals surface area contributed by atoms with E-state index in [9.17, 15) is 4.79 Å². The fraction of sp³-hybridized carbons (Fsp3) is 0.533. The average molecular weight is 248 g/mol. The van der Waals surface area contributed by atoms with E-state index in [4.69, 9.17) is 9.47 Å². The Morgan fingerprint density at radius 3 is 2.44 bits per heavy atom. The van der Waals surface area contributed by atoms with E-state index in [2.05, 4.69) is 0 Å². The van der Waals surface area contributed by atoms with Gasteiger partial charge in [-0.3, -0.25) is 0 Å². The van der Waals surface area contributed by atoms with Crippen LogP contribution in [-0.4, -0.2) is 17.2 Å². The second kappa shape index (κ2) is 4.39. The van der Waals surface area contributed by atoms with Gasteiger partial charge in [0.1, 0.15) is 11.7 Å². The summed E-state index contributed by atoms with van der Waals surface area (Å²) < 4.78 is 11.1. The highest BCUT2D eigenvalue weighted by Gasteiger charge is 2.63. The minimum absolute atomic E-state index is 0.168. The number of esters is 1. The van der Waals surface area contributed by atoms with Gasteiger partial charge in [-0.2, -0.15) is 0 Å². The summed E-state index contributed by atoms with van der Waals surface area (Å²) in [6.45, 7) is 7.56. The van der Waals surface area contributed by atoms with E-state index in [0.29, 0.717) is 6.42 Å². The van der Waals surface area contributed by atoms with E-state index in [0.717, 1.165) is 5.56 Å². The predicted octanol–water partition coefficient (Wildman–Crippen LogP) is 3.25. The average Bonchev–Trinajstić information content (AvgIpc) is 3.04. The number of carbonyl (C=O) groups is 1. The molecule has 1 aromatic rings. The van der Waals surface area contributed by atoms with Gasteiger partial charge in [0.2, 0.25) is 0 Å². The summed E-state index contributed by atoms with van der Waals surface area (Å²) in [6.07, 6.45) is 0.458. The van der Waals surface area contributed by atoms with Gasteiger partial charge in [0, 0.05) is 0 Å². The largest absolute Gasteiger partial charge is 0.458 e. The second-order valence-electron chi connectivity index (χ2n) is 5.65. The number of benzene rings is 1. The quantitative estimate of drug-likeness (QED) is 0.609. The topological polar surface area (TPSA) is 38.8 Å². The molecule has 0 amide bonds. The molecule has 1 fully saturated rings. The molecule has 0 spiro atoms. The van der Waals surface area contributed by atoms with Crippen molar-refractivity contribution in [3.63, 3.8) is 0 Å². The Morgan fingerprint density at radius 2 is 1.94 bits per heavy atom. The highest BCUT2D eigenvalue weighted by molar-refractivity contribution is 5.84. The fourth-order valence-corrected chi connectivity index (χ4v) is 2.07. The second-order valence-corrected chi connectivity index (χ2v) is 5.65. The molecule has 0 saturated carbocycles. The van der Waals surface area contributed by atoms with Crippen molar-refractivity contribution in [2.45, 2.75) is 51.4 Å². The van der Waals surface area contributed by atoms with Crippen LogP contribution in [0.3, 0.4) is 0 Å². The lowest BCUT2D eigenvalue weighted by Crippen LogP contribution is -2.34. The lowest BCUT2D eigenvalue weighted by atomic mass is 9.96. The summed E-state index contributed by atoms with van der Waals surface area (Å²) in [5.74, 6) is -0.258. The molecule has 1 saturated heterocycles. The summed E-state index contributed by atoms with van der Waals surface area (Å²) in [4.78, 5) is 12.2. The van der Waals surface area contributed by atoms with Crippen molar-refractivity contribution < 1.29 is 14.3 Å². The van der Waals surface area contributed by atoms with Gasteiger partial charge < -0.3 is 9.47 Å². The summed E-state index contributed by atoms with van der Waals surface area (Å²) in [5, 5.41) is 0. The van der Waals surface area contributed by atoms with Crippen molar-refractivity contribution >= 4 is 5.97 Å². The van der Waals surface area contributed by atoms with Gasteiger partial charge in [0.05, 0.1) is 0 Å².